The largest absolute Gasteiger partial charge is 0.496 e. The van der Waals surface area contributed by atoms with E-state index >= 15 is 0 Å². The van der Waals surface area contributed by atoms with Crippen LogP contribution in [0.4, 0.5) is 0 Å². The fourth-order valence-corrected chi connectivity index (χ4v) is 5.79. The van der Waals surface area contributed by atoms with Gasteiger partial charge in [-0.25, -0.2) is 4.98 Å². The molecule has 3 heterocycles. The first-order chi connectivity index (χ1) is 20.9. The highest BCUT2D eigenvalue weighted by Crippen LogP contribution is 2.33. The van der Waals surface area contributed by atoms with Crippen LogP contribution in [0.1, 0.15) is 16.8 Å². The van der Waals surface area contributed by atoms with Gasteiger partial charge in [0.05, 0.1) is 39.7 Å². The summed E-state index contributed by atoms with van der Waals surface area (Å²) in [6, 6.07) is 28.3. The summed E-state index contributed by atoms with van der Waals surface area (Å²) in [6.45, 7) is 2.62. The molecule has 7 aromatic rings. The fraction of sp³-hybridized carbons (Fsp3) is 0.0882. The van der Waals surface area contributed by atoms with E-state index in [1.165, 1.54) is 4.68 Å². The average Bonchev–Trinajstić information content (AvgIpc) is 3.57. The first-order valence-corrected chi connectivity index (χ1v) is 14.3. The minimum atomic E-state index is -0.304. The van der Waals surface area contributed by atoms with Crippen molar-refractivity contribution in [1.82, 2.24) is 14.2 Å². The van der Waals surface area contributed by atoms with Gasteiger partial charge in [-0.15, -0.1) is 0 Å². The molecule has 7 nitrogen and oxygen atoms in total. The second-order valence-corrected chi connectivity index (χ2v) is 11.0. The van der Waals surface area contributed by atoms with E-state index in [-0.39, 0.29) is 11.4 Å². The minimum absolute atomic E-state index is 0.287. The Morgan fingerprint density at radius 3 is 2.51 bits per heavy atom. The van der Waals surface area contributed by atoms with Gasteiger partial charge in [-0.1, -0.05) is 65.7 Å². The summed E-state index contributed by atoms with van der Waals surface area (Å²) in [5, 5.41) is 8.00. The topological polar surface area (TPSA) is 74.6 Å². The van der Waals surface area contributed by atoms with Crippen LogP contribution in [-0.4, -0.2) is 27.6 Å². The number of ether oxygens (including phenoxy) is 1. The van der Waals surface area contributed by atoms with Crippen molar-refractivity contribution < 1.29 is 9.15 Å². The third kappa shape index (κ3) is 4.67. The molecule has 0 radical (unpaired) electrons. The van der Waals surface area contributed by atoms with Crippen molar-refractivity contribution in [1.29, 1.82) is 0 Å². The maximum Gasteiger partial charge on any atom is 0.282 e. The molecule has 0 saturated heterocycles. The molecule has 7 rings (SSSR count). The van der Waals surface area contributed by atoms with E-state index in [0.29, 0.717) is 44.6 Å². The van der Waals surface area contributed by atoms with Crippen LogP contribution in [-0.2, 0) is 6.54 Å². The van der Waals surface area contributed by atoms with Gasteiger partial charge in [-0.05, 0) is 61.0 Å². The highest BCUT2D eigenvalue weighted by atomic mass is 35.5. The van der Waals surface area contributed by atoms with Crippen molar-refractivity contribution >= 4 is 62.2 Å². The number of methoxy groups -OCH3 is 1. The standard InChI is InChI=1S/C34H24Cl2N4O3/c1-20-25(22-8-4-6-11-29(22)39(20)19-21-14-15-26(35)27(36)16-21)18-37-40-33(38-28-10-5-3-9-23(28)34(40)41)32-17-24-30(42-2)12-7-13-31(24)43-32/h3-18H,19H2,1-2H3. The molecule has 0 aliphatic rings. The number of aromatic nitrogens is 3. The Bertz CT molecular complexity index is 2280. The summed E-state index contributed by atoms with van der Waals surface area (Å²) in [4.78, 5) is 18.7. The summed E-state index contributed by atoms with van der Waals surface area (Å²) >= 11 is 12.5. The monoisotopic (exact) mass is 606 g/mol. The van der Waals surface area contributed by atoms with Crippen LogP contribution in [0.3, 0.4) is 0 Å². The third-order valence-corrected chi connectivity index (χ3v) is 8.36. The third-order valence-electron chi connectivity index (χ3n) is 7.62. The predicted octanol–water partition coefficient (Wildman–Crippen LogP) is 8.32. The zero-order valence-electron chi connectivity index (χ0n) is 23.2. The number of benzene rings is 4. The van der Waals surface area contributed by atoms with E-state index < -0.39 is 0 Å². The molecule has 212 valence electrons. The molecule has 0 saturated carbocycles. The lowest BCUT2D eigenvalue weighted by atomic mass is 10.1. The van der Waals surface area contributed by atoms with Gasteiger partial charge in [0.25, 0.3) is 5.56 Å². The lowest BCUT2D eigenvalue weighted by molar-refractivity contribution is 0.419. The van der Waals surface area contributed by atoms with Gasteiger partial charge in [-0.3, -0.25) is 4.79 Å². The first-order valence-electron chi connectivity index (χ1n) is 13.6. The Morgan fingerprint density at radius 1 is 0.907 bits per heavy atom. The van der Waals surface area contributed by atoms with Gasteiger partial charge in [0.15, 0.2) is 5.76 Å². The van der Waals surface area contributed by atoms with Gasteiger partial charge >= 0.3 is 0 Å². The summed E-state index contributed by atoms with van der Waals surface area (Å²) in [5.41, 5.74) is 4.77. The first kappa shape index (κ1) is 27.0. The Kier molecular flexibility index (Phi) is 6.76. The van der Waals surface area contributed by atoms with Gasteiger partial charge in [0.2, 0.25) is 5.82 Å². The number of furan rings is 1. The molecule has 43 heavy (non-hydrogen) atoms. The van der Waals surface area contributed by atoms with Crippen molar-refractivity contribution in [2.45, 2.75) is 13.5 Å². The van der Waals surface area contributed by atoms with E-state index in [1.54, 1.807) is 31.5 Å². The molecule has 0 unspecified atom stereocenters. The summed E-state index contributed by atoms with van der Waals surface area (Å²) < 4.78 is 15.2. The van der Waals surface area contributed by atoms with Crippen molar-refractivity contribution in [2.75, 3.05) is 7.11 Å². The summed E-state index contributed by atoms with van der Waals surface area (Å²) in [6.07, 6.45) is 1.72. The van der Waals surface area contributed by atoms with E-state index in [9.17, 15) is 4.79 Å². The highest BCUT2D eigenvalue weighted by molar-refractivity contribution is 6.42. The maximum absolute atomic E-state index is 13.9. The summed E-state index contributed by atoms with van der Waals surface area (Å²) in [7, 11) is 1.61. The molecular formula is C34H24Cl2N4O3. The molecular weight excluding hydrogens is 583 g/mol. The van der Waals surface area contributed by atoms with E-state index in [0.717, 1.165) is 33.1 Å². The van der Waals surface area contributed by atoms with E-state index in [2.05, 4.69) is 10.6 Å². The van der Waals surface area contributed by atoms with Crippen LogP contribution >= 0.6 is 23.2 Å². The zero-order valence-corrected chi connectivity index (χ0v) is 24.7. The predicted molar refractivity (Wildman–Crippen MR) is 173 cm³/mol. The fourth-order valence-electron chi connectivity index (χ4n) is 5.47. The van der Waals surface area contributed by atoms with Gasteiger partial charge in [0.1, 0.15) is 11.3 Å². The normalized spacial score (nSPS) is 11.8. The van der Waals surface area contributed by atoms with Crippen LogP contribution < -0.4 is 10.3 Å². The van der Waals surface area contributed by atoms with Gasteiger partial charge in [-0.2, -0.15) is 9.78 Å². The molecule has 3 aromatic heterocycles. The molecule has 0 aliphatic heterocycles. The van der Waals surface area contributed by atoms with Crippen LogP contribution in [0.2, 0.25) is 10.0 Å². The molecule has 0 fully saturated rings. The highest BCUT2D eigenvalue weighted by Gasteiger charge is 2.19. The number of fused-ring (bicyclic) bond motifs is 3. The van der Waals surface area contributed by atoms with Crippen molar-refractivity contribution in [3.05, 3.63) is 128 Å². The Morgan fingerprint density at radius 2 is 1.70 bits per heavy atom. The number of halogens is 2. The average molecular weight is 607 g/mol. The number of rotatable bonds is 6. The number of hydrogen-bond donors (Lipinski definition) is 0. The van der Waals surface area contributed by atoms with Crippen molar-refractivity contribution in [3.63, 3.8) is 0 Å². The van der Waals surface area contributed by atoms with Crippen LogP contribution in [0.25, 0.3) is 44.4 Å². The SMILES string of the molecule is COc1cccc2oc(-c3nc4ccccc4c(=O)n3N=Cc3c(C)n(Cc4ccc(Cl)c(Cl)c4)c4ccccc34)cc12. The Balaban J connectivity index is 1.40. The van der Waals surface area contributed by atoms with Gasteiger partial charge < -0.3 is 13.7 Å². The number of hydrogen-bond acceptors (Lipinski definition) is 5. The molecule has 9 heteroatoms. The number of nitrogens with zero attached hydrogens (tertiary/aromatic N) is 4. The molecule has 0 spiro atoms. The zero-order chi connectivity index (χ0) is 29.7. The molecule has 0 bridgehead atoms. The van der Waals surface area contributed by atoms with Crippen LogP contribution in [0, 0.1) is 6.92 Å². The van der Waals surface area contributed by atoms with E-state index in [4.69, 9.17) is 42.4 Å². The van der Waals surface area contributed by atoms with Crippen LogP contribution in [0.15, 0.2) is 105 Å². The molecule has 0 aliphatic carbocycles. The Labute approximate surface area is 256 Å². The van der Waals surface area contributed by atoms with Crippen molar-refractivity contribution in [2.24, 2.45) is 5.10 Å². The van der Waals surface area contributed by atoms with Gasteiger partial charge in [0, 0.05) is 28.7 Å². The molecule has 0 atom stereocenters. The van der Waals surface area contributed by atoms with Crippen molar-refractivity contribution in [3.8, 4) is 17.3 Å². The minimum Gasteiger partial charge on any atom is -0.496 e. The smallest absolute Gasteiger partial charge is 0.282 e. The Hall–Kier alpha value is -4.85. The summed E-state index contributed by atoms with van der Waals surface area (Å²) in [5.74, 6) is 1.35. The maximum atomic E-state index is 13.9. The molecule has 0 N–H and O–H groups in total. The quantitative estimate of drug-likeness (QED) is 0.178. The molecule has 4 aromatic carbocycles. The molecule has 0 amide bonds. The second-order valence-electron chi connectivity index (χ2n) is 10.1. The number of para-hydroxylation sites is 2. The second kappa shape index (κ2) is 10.8. The van der Waals surface area contributed by atoms with E-state index in [1.807, 2.05) is 73.7 Å². The van der Waals surface area contributed by atoms with Crippen LogP contribution in [0.5, 0.6) is 5.75 Å². The lowest BCUT2D eigenvalue weighted by Crippen LogP contribution is -2.20. The lowest BCUT2D eigenvalue weighted by Gasteiger charge is -2.10.